The minimum atomic E-state index is -3.51. The lowest BCUT2D eigenvalue weighted by Crippen LogP contribution is -2.62. The minimum Gasteiger partial charge on any atom is -0.307 e. The predicted octanol–water partition coefficient (Wildman–Crippen LogP) is 2.61. The molecule has 5 nitrogen and oxygen atoms in total. The molecule has 3 aliphatic rings. The molecule has 0 amide bonds. The van der Waals surface area contributed by atoms with E-state index in [2.05, 4.69) is 51.6 Å². The van der Waals surface area contributed by atoms with Gasteiger partial charge >= 0.3 is 0 Å². The number of nitrogens with one attached hydrogen (secondary N) is 2. The standard InChI is InChI=1S/C19H34N2O3S/c1-16(2)10-14(11-17(3,4)21-16)20-25(23,24)12-19-8-7-13(9-15(19)22)18(19,5)6/h13-14,20-21H,7-12H2,1-6H3. The van der Waals surface area contributed by atoms with Gasteiger partial charge in [0, 0.05) is 29.0 Å². The zero-order chi connectivity index (χ0) is 18.9. The summed E-state index contributed by atoms with van der Waals surface area (Å²) in [7, 11) is -3.51. The highest BCUT2D eigenvalue weighted by molar-refractivity contribution is 7.89. The molecule has 0 aromatic rings. The molecule has 2 N–H and O–H groups in total. The molecule has 2 saturated carbocycles. The third-order valence-corrected chi connectivity index (χ3v) is 8.68. The summed E-state index contributed by atoms with van der Waals surface area (Å²) in [6, 6.07) is -0.0931. The Morgan fingerprint density at radius 2 is 1.64 bits per heavy atom. The summed E-state index contributed by atoms with van der Waals surface area (Å²) >= 11 is 0. The van der Waals surface area contributed by atoms with Crippen molar-refractivity contribution in [2.24, 2.45) is 16.7 Å². The van der Waals surface area contributed by atoms with Gasteiger partial charge in [-0.2, -0.15) is 0 Å². The maximum Gasteiger partial charge on any atom is 0.212 e. The maximum atomic E-state index is 13.0. The smallest absolute Gasteiger partial charge is 0.212 e. The minimum absolute atomic E-state index is 0.0485. The summed E-state index contributed by atoms with van der Waals surface area (Å²) in [6.45, 7) is 12.6. The zero-order valence-electron chi connectivity index (χ0n) is 16.5. The van der Waals surface area contributed by atoms with Gasteiger partial charge in [-0.3, -0.25) is 4.79 Å². The van der Waals surface area contributed by atoms with Crippen molar-refractivity contribution in [1.29, 1.82) is 0 Å². The molecule has 0 aromatic heterocycles. The Morgan fingerprint density at radius 1 is 1.08 bits per heavy atom. The topological polar surface area (TPSA) is 75.3 Å². The fourth-order valence-electron chi connectivity index (χ4n) is 6.13. The van der Waals surface area contributed by atoms with Crippen molar-refractivity contribution < 1.29 is 13.2 Å². The number of carbonyl (C=O) groups is 1. The number of rotatable bonds is 4. The van der Waals surface area contributed by atoms with E-state index in [1.807, 2.05) is 0 Å². The van der Waals surface area contributed by atoms with E-state index in [0.29, 0.717) is 18.8 Å². The second-order valence-corrected chi connectivity index (χ2v) is 12.3. The van der Waals surface area contributed by atoms with Crippen LogP contribution in [-0.2, 0) is 14.8 Å². The predicted molar refractivity (Wildman–Crippen MR) is 99.8 cm³/mol. The first-order valence-corrected chi connectivity index (χ1v) is 11.2. The van der Waals surface area contributed by atoms with E-state index in [9.17, 15) is 13.2 Å². The van der Waals surface area contributed by atoms with Crippen LogP contribution in [0.5, 0.6) is 0 Å². The van der Waals surface area contributed by atoms with E-state index in [1.165, 1.54) is 0 Å². The quantitative estimate of drug-likeness (QED) is 0.798. The van der Waals surface area contributed by atoms with Gasteiger partial charge in [0.15, 0.2) is 0 Å². The van der Waals surface area contributed by atoms with Gasteiger partial charge in [0.25, 0.3) is 0 Å². The van der Waals surface area contributed by atoms with Gasteiger partial charge in [-0.15, -0.1) is 0 Å². The third-order valence-electron chi connectivity index (χ3n) is 7.11. The van der Waals surface area contributed by atoms with Crippen molar-refractivity contribution in [3.8, 4) is 0 Å². The van der Waals surface area contributed by atoms with E-state index in [0.717, 1.165) is 19.3 Å². The van der Waals surface area contributed by atoms with Gasteiger partial charge in [-0.1, -0.05) is 13.8 Å². The number of fused-ring (bicyclic) bond motifs is 2. The molecular weight excluding hydrogens is 336 g/mol. The maximum absolute atomic E-state index is 13.0. The van der Waals surface area contributed by atoms with Gasteiger partial charge in [0.05, 0.1) is 5.75 Å². The van der Waals surface area contributed by atoms with Gasteiger partial charge in [-0.05, 0) is 64.7 Å². The molecule has 0 spiro atoms. The van der Waals surface area contributed by atoms with Crippen LogP contribution in [0.1, 0.15) is 73.6 Å². The largest absolute Gasteiger partial charge is 0.307 e. The van der Waals surface area contributed by atoms with Crippen LogP contribution in [0.2, 0.25) is 0 Å². The molecule has 144 valence electrons. The number of ketones is 1. The fraction of sp³-hybridized carbons (Fsp3) is 0.947. The highest BCUT2D eigenvalue weighted by Crippen LogP contribution is 2.64. The van der Waals surface area contributed by atoms with Crippen molar-refractivity contribution >= 4 is 15.8 Å². The lowest BCUT2D eigenvalue weighted by Gasteiger charge is -2.46. The molecule has 1 saturated heterocycles. The van der Waals surface area contributed by atoms with E-state index in [4.69, 9.17) is 0 Å². The Hall–Kier alpha value is -0.460. The molecular formula is C19H34N2O3S. The Kier molecular flexibility index (Phi) is 4.26. The number of hydrogen-bond donors (Lipinski definition) is 2. The molecule has 3 rings (SSSR count). The lowest BCUT2D eigenvalue weighted by molar-refractivity contribution is -0.128. The van der Waals surface area contributed by atoms with Gasteiger partial charge in [0.2, 0.25) is 10.0 Å². The summed E-state index contributed by atoms with van der Waals surface area (Å²) in [5.74, 6) is 0.449. The summed E-state index contributed by atoms with van der Waals surface area (Å²) in [5, 5.41) is 3.58. The van der Waals surface area contributed by atoms with Crippen molar-refractivity contribution in [2.75, 3.05) is 5.75 Å². The SMILES string of the molecule is CC1(C)CC(NS(=O)(=O)CC23CCC(CC2=O)C3(C)C)CC(C)(C)N1. The number of carbonyl (C=O) groups excluding carboxylic acids is 1. The first-order chi connectivity index (χ1) is 11.2. The average molecular weight is 371 g/mol. The van der Waals surface area contributed by atoms with Crippen LogP contribution in [0.15, 0.2) is 0 Å². The molecule has 0 radical (unpaired) electrons. The molecule has 1 heterocycles. The number of Topliss-reactive ketones (excluding diaryl/α,β-unsaturated/α-hetero) is 1. The van der Waals surface area contributed by atoms with Crippen LogP contribution in [0.3, 0.4) is 0 Å². The highest BCUT2D eigenvalue weighted by atomic mass is 32.2. The van der Waals surface area contributed by atoms with Crippen molar-refractivity contribution in [1.82, 2.24) is 10.0 Å². The summed E-state index contributed by atoms with van der Waals surface area (Å²) in [4.78, 5) is 12.6. The molecule has 1 aliphatic heterocycles. The Bertz CT molecular complexity index is 665. The molecule has 0 aromatic carbocycles. The van der Waals surface area contributed by atoms with Gasteiger partial charge in [0.1, 0.15) is 5.78 Å². The van der Waals surface area contributed by atoms with Crippen LogP contribution in [-0.4, -0.2) is 37.1 Å². The Morgan fingerprint density at radius 3 is 2.08 bits per heavy atom. The third kappa shape index (κ3) is 3.30. The van der Waals surface area contributed by atoms with Crippen LogP contribution < -0.4 is 10.0 Å². The van der Waals surface area contributed by atoms with Crippen LogP contribution >= 0.6 is 0 Å². The van der Waals surface area contributed by atoms with Crippen LogP contribution in [0.25, 0.3) is 0 Å². The van der Waals surface area contributed by atoms with E-state index >= 15 is 0 Å². The summed E-state index contributed by atoms with van der Waals surface area (Å²) in [5.41, 5.74) is -1.14. The van der Waals surface area contributed by atoms with Crippen LogP contribution in [0.4, 0.5) is 0 Å². The Balaban J connectivity index is 1.78. The molecule has 25 heavy (non-hydrogen) atoms. The first kappa shape index (κ1) is 19.3. The van der Waals surface area contributed by atoms with Crippen molar-refractivity contribution in [3.63, 3.8) is 0 Å². The first-order valence-electron chi connectivity index (χ1n) is 9.51. The van der Waals surface area contributed by atoms with Gasteiger partial charge in [-0.25, -0.2) is 13.1 Å². The summed E-state index contributed by atoms with van der Waals surface area (Å²) in [6.07, 6.45) is 3.75. The molecule has 2 atom stereocenters. The Labute approximate surface area is 152 Å². The molecule has 2 aliphatic carbocycles. The number of sulfonamides is 1. The molecule has 2 unspecified atom stereocenters. The highest BCUT2D eigenvalue weighted by Gasteiger charge is 2.65. The monoisotopic (exact) mass is 370 g/mol. The van der Waals surface area contributed by atoms with E-state index in [1.54, 1.807) is 0 Å². The number of hydrogen-bond acceptors (Lipinski definition) is 4. The fourth-order valence-corrected chi connectivity index (χ4v) is 8.22. The van der Waals surface area contributed by atoms with Crippen molar-refractivity contribution in [2.45, 2.75) is 90.8 Å². The van der Waals surface area contributed by atoms with Crippen molar-refractivity contribution in [3.05, 3.63) is 0 Å². The van der Waals surface area contributed by atoms with Crippen LogP contribution in [0, 0.1) is 16.7 Å². The lowest BCUT2D eigenvalue weighted by atomic mass is 9.70. The molecule has 3 fully saturated rings. The summed E-state index contributed by atoms with van der Waals surface area (Å²) < 4.78 is 29.0. The second kappa shape index (κ2) is 5.52. The second-order valence-electron chi connectivity index (χ2n) is 10.5. The number of piperidine rings is 1. The van der Waals surface area contributed by atoms with Gasteiger partial charge < -0.3 is 5.32 Å². The van der Waals surface area contributed by atoms with E-state index < -0.39 is 15.4 Å². The molecule has 2 bridgehead atoms. The molecule has 6 heteroatoms. The zero-order valence-corrected chi connectivity index (χ0v) is 17.3. The average Bonchev–Trinajstić information content (AvgIpc) is 2.67. The van der Waals surface area contributed by atoms with E-state index in [-0.39, 0.29) is 34.1 Å². The normalized spacial score (nSPS) is 36.7.